The lowest BCUT2D eigenvalue weighted by atomic mass is 10.1. The van der Waals surface area contributed by atoms with Gasteiger partial charge in [0, 0.05) is 19.6 Å². The number of para-hydroxylation sites is 2. The SMILES string of the molecule is CCOc1ccccc1OC1CCCN(c2cncc(NC(=O)N3CCOCC3)n2)C1. The average molecular weight is 428 g/mol. The van der Waals surface area contributed by atoms with Crippen LogP contribution in [-0.4, -0.2) is 73.0 Å². The van der Waals surface area contributed by atoms with Crippen LogP contribution in [0.2, 0.25) is 0 Å². The van der Waals surface area contributed by atoms with E-state index in [-0.39, 0.29) is 12.1 Å². The van der Waals surface area contributed by atoms with E-state index in [2.05, 4.69) is 20.2 Å². The Kier molecular flexibility index (Phi) is 7.03. The summed E-state index contributed by atoms with van der Waals surface area (Å²) in [6.45, 7) is 6.37. The fourth-order valence-corrected chi connectivity index (χ4v) is 3.77. The Morgan fingerprint density at radius 2 is 2.00 bits per heavy atom. The predicted octanol–water partition coefficient (Wildman–Crippen LogP) is 2.79. The second-order valence-corrected chi connectivity index (χ2v) is 7.50. The first-order valence-electron chi connectivity index (χ1n) is 10.8. The Balaban J connectivity index is 1.39. The molecular formula is C22H29N5O4. The lowest BCUT2D eigenvalue weighted by Gasteiger charge is -2.34. The highest BCUT2D eigenvalue weighted by atomic mass is 16.5. The van der Waals surface area contributed by atoms with Crippen LogP contribution < -0.4 is 19.7 Å². The lowest BCUT2D eigenvalue weighted by molar-refractivity contribution is 0.0564. The van der Waals surface area contributed by atoms with E-state index in [0.29, 0.717) is 45.3 Å². The van der Waals surface area contributed by atoms with Gasteiger partial charge >= 0.3 is 6.03 Å². The van der Waals surface area contributed by atoms with Crippen molar-refractivity contribution in [2.45, 2.75) is 25.9 Å². The van der Waals surface area contributed by atoms with Crippen LogP contribution in [0.15, 0.2) is 36.7 Å². The first-order chi connectivity index (χ1) is 15.2. The molecule has 2 amide bonds. The Morgan fingerprint density at radius 1 is 1.19 bits per heavy atom. The van der Waals surface area contributed by atoms with Gasteiger partial charge in [-0.3, -0.25) is 10.3 Å². The van der Waals surface area contributed by atoms with Gasteiger partial charge in [-0.25, -0.2) is 9.78 Å². The molecule has 2 fully saturated rings. The maximum atomic E-state index is 12.4. The van der Waals surface area contributed by atoms with Crippen molar-refractivity contribution in [3.05, 3.63) is 36.7 Å². The Morgan fingerprint density at radius 3 is 2.81 bits per heavy atom. The van der Waals surface area contributed by atoms with Gasteiger partial charge in [0.1, 0.15) is 11.9 Å². The highest BCUT2D eigenvalue weighted by Gasteiger charge is 2.24. The number of morpholine rings is 1. The largest absolute Gasteiger partial charge is 0.490 e. The first kappa shape index (κ1) is 21.2. The number of benzene rings is 1. The number of piperidine rings is 1. The van der Waals surface area contributed by atoms with Crippen molar-refractivity contribution >= 4 is 17.7 Å². The molecule has 0 radical (unpaired) electrons. The van der Waals surface area contributed by atoms with E-state index in [1.807, 2.05) is 31.2 Å². The number of hydrogen-bond acceptors (Lipinski definition) is 7. The van der Waals surface area contributed by atoms with Crippen LogP contribution in [0.3, 0.4) is 0 Å². The van der Waals surface area contributed by atoms with Crippen molar-refractivity contribution in [2.75, 3.05) is 56.2 Å². The number of amides is 2. The summed E-state index contributed by atoms with van der Waals surface area (Å²) in [5, 5.41) is 2.85. The Hall–Kier alpha value is -3.07. The predicted molar refractivity (Wildman–Crippen MR) is 117 cm³/mol. The molecule has 0 bridgehead atoms. The van der Waals surface area contributed by atoms with Gasteiger partial charge in [0.05, 0.1) is 38.8 Å². The zero-order chi connectivity index (χ0) is 21.5. The molecular weight excluding hydrogens is 398 g/mol. The molecule has 3 heterocycles. The van der Waals surface area contributed by atoms with Crippen molar-refractivity contribution < 1.29 is 19.0 Å². The number of carbonyl (C=O) groups is 1. The molecule has 0 spiro atoms. The standard InChI is InChI=1S/C22H29N5O4/c1-2-30-18-7-3-4-8-19(18)31-17-6-5-9-27(16-17)21-15-23-14-20(24-21)25-22(28)26-10-12-29-13-11-26/h3-4,7-8,14-15,17H,2,5-6,9-13,16H2,1H3,(H,24,25,28). The van der Waals surface area contributed by atoms with E-state index in [9.17, 15) is 4.79 Å². The molecule has 4 rings (SSSR count). The van der Waals surface area contributed by atoms with E-state index >= 15 is 0 Å². The van der Waals surface area contributed by atoms with Gasteiger partial charge in [-0.05, 0) is 31.9 Å². The number of aromatic nitrogens is 2. The monoisotopic (exact) mass is 427 g/mol. The summed E-state index contributed by atoms with van der Waals surface area (Å²) in [6.07, 6.45) is 5.24. The second kappa shape index (κ2) is 10.3. The van der Waals surface area contributed by atoms with Crippen molar-refractivity contribution in [3.8, 4) is 11.5 Å². The summed E-state index contributed by atoms with van der Waals surface area (Å²) in [4.78, 5) is 25.2. The molecule has 1 atom stereocenters. The molecule has 2 aliphatic rings. The van der Waals surface area contributed by atoms with Gasteiger partial charge < -0.3 is 24.0 Å². The molecule has 1 aromatic carbocycles. The van der Waals surface area contributed by atoms with Crippen LogP contribution >= 0.6 is 0 Å². The minimum Gasteiger partial charge on any atom is -0.490 e. The third kappa shape index (κ3) is 5.55. The minimum atomic E-state index is -0.179. The number of nitrogens with zero attached hydrogens (tertiary/aromatic N) is 4. The summed E-state index contributed by atoms with van der Waals surface area (Å²) < 4.78 is 17.2. The van der Waals surface area contributed by atoms with Crippen molar-refractivity contribution in [1.82, 2.24) is 14.9 Å². The molecule has 1 N–H and O–H groups in total. The number of carbonyl (C=O) groups excluding carboxylic acids is 1. The van der Waals surface area contributed by atoms with Gasteiger partial charge in [-0.1, -0.05) is 12.1 Å². The maximum absolute atomic E-state index is 12.4. The summed E-state index contributed by atoms with van der Waals surface area (Å²) in [6, 6.07) is 7.57. The van der Waals surface area contributed by atoms with Crippen LogP contribution in [0.4, 0.5) is 16.4 Å². The summed E-state index contributed by atoms with van der Waals surface area (Å²) in [7, 11) is 0. The smallest absolute Gasteiger partial charge is 0.323 e. The minimum absolute atomic E-state index is 0.0174. The van der Waals surface area contributed by atoms with Crippen molar-refractivity contribution in [3.63, 3.8) is 0 Å². The molecule has 9 heteroatoms. The molecule has 2 aromatic rings. The lowest BCUT2D eigenvalue weighted by Crippen LogP contribution is -2.43. The molecule has 0 aliphatic carbocycles. The fraction of sp³-hybridized carbons (Fsp3) is 0.500. The molecule has 1 aromatic heterocycles. The van der Waals surface area contributed by atoms with Gasteiger partial charge in [-0.2, -0.15) is 0 Å². The van der Waals surface area contributed by atoms with Gasteiger partial charge in [0.25, 0.3) is 0 Å². The van der Waals surface area contributed by atoms with Crippen LogP contribution in [0, 0.1) is 0 Å². The average Bonchev–Trinajstić information content (AvgIpc) is 2.81. The van der Waals surface area contributed by atoms with Crippen molar-refractivity contribution in [2.24, 2.45) is 0 Å². The number of nitrogens with one attached hydrogen (secondary N) is 1. The van der Waals surface area contributed by atoms with Gasteiger partial charge in [-0.15, -0.1) is 0 Å². The fourth-order valence-electron chi connectivity index (χ4n) is 3.77. The summed E-state index contributed by atoms with van der Waals surface area (Å²) in [5.74, 6) is 2.69. The molecule has 9 nitrogen and oxygen atoms in total. The van der Waals surface area contributed by atoms with Crippen LogP contribution in [0.25, 0.3) is 0 Å². The number of rotatable bonds is 6. The van der Waals surface area contributed by atoms with Crippen LogP contribution in [0.5, 0.6) is 11.5 Å². The number of urea groups is 1. The quantitative estimate of drug-likeness (QED) is 0.758. The number of ether oxygens (including phenoxy) is 3. The van der Waals surface area contributed by atoms with Crippen molar-refractivity contribution in [1.29, 1.82) is 0 Å². The van der Waals surface area contributed by atoms with E-state index in [4.69, 9.17) is 14.2 Å². The summed E-state index contributed by atoms with van der Waals surface area (Å²) >= 11 is 0. The number of anilines is 2. The maximum Gasteiger partial charge on any atom is 0.323 e. The van der Waals surface area contributed by atoms with E-state index in [1.54, 1.807) is 17.3 Å². The van der Waals surface area contributed by atoms with Crippen LogP contribution in [0.1, 0.15) is 19.8 Å². The topological polar surface area (TPSA) is 89.1 Å². The Labute approximate surface area is 182 Å². The summed E-state index contributed by atoms with van der Waals surface area (Å²) in [5.41, 5.74) is 0. The molecule has 166 valence electrons. The first-order valence-corrected chi connectivity index (χ1v) is 10.8. The third-order valence-electron chi connectivity index (χ3n) is 5.30. The zero-order valence-electron chi connectivity index (χ0n) is 17.8. The molecule has 2 aliphatic heterocycles. The second-order valence-electron chi connectivity index (χ2n) is 7.50. The molecule has 0 saturated carbocycles. The van der Waals surface area contributed by atoms with Gasteiger partial charge in [0.2, 0.25) is 0 Å². The highest BCUT2D eigenvalue weighted by Crippen LogP contribution is 2.29. The van der Waals surface area contributed by atoms with E-state index in [1.165, 1.54) is 0 Å². The van der Waals surface area contributed by atoms with Crippen LogP contribution in [-0.2, 0) is 4.74 Å². The van der Waals surface area contributed by atoms with E-state index < -0.39 is 0 Å². The zero-order valence-corrected chi connectivity index (χ0v) is 17.8. The van der Waals surface area contributed by atoms with Gasteiger partial charge in [0.15, 0.2) is 17.3 Å². The molecule has 31 heavy (non-hydrogen) atoms. The Bertz CT molecular complexity index is 874. The van der Waals surface area contributed by atoms with E-state index in [0.717, 1.165) is 36.7 Å². The normalized spacial score (nSPS) is 19.1. The highest BCUT2D eigenvalue weighted by molar-refractivity contribution is 5.88. The molecule has 1 unspecified atom stereocenters. The third-order valence-corrected chi connectivity index (χ3v) is 5.30. The molecule has 2 saturated heterocycles. The number of hydrogen-bond donors (Lipinski definition) is 1.